The van der Waals surface area contributed by atoms with Crippen LogP contribution in [0.15, 0.2) is 12.2 Å². The molecule has 0 spiro atoms. The molecule has 0 heterocycles. The Morgan fingerprint density at radius 1 is 1.62 bits per heavy atom. The van der Waals surface area contributed by atoms with Crippen LogP contribution in [0.4, 0.5) is 0 Å². The molecule has 0 aromatic rings. The Kier molecular flexibility index (Phi) is 4.61. The smallest absolute Gasteiger partial charge is 0.0194 e. The average molecular weight is 114 g/mol. The van der Waals surface area contributed by atoms with Gasteiger partial charge in [-0.1, -0.05) is 12.2 Å². The van der Waals surface area contributed by atoms with Gasteiger partial charge < -0.3 is 11.5 Å². The van der Waals surface area contributed by atoms with Crippen molar-refractivity contribution in [2.24, 2.45) is 11.5 Å². The van der Waals surface area contributed by atoms with Crippen molar-refractivity contribution in [3.8, 4) is 0 Å². The molecule has 0 saturated heterocycles. The highest BCUT2D eigenvalue weighted by Gasteiger charge is 1.79. The van der Waals surface area contributed by atoms with Crippen LogP contribution in [0.2, 0.25) is 0 Å². The maximum absolute atomic E-state index is 5.41. The minimum Gasteiger partial charge on any atom is -0.330 e. The molecule has 0 aliphatic heterocycles. The molecule has 48 valence electrons. The van der Waals surface area contributed by atoms with Crippen LogP contribution in [-0.4, -0.2) is 12.6 Å². The lowest BCUT2D eigenvalue weighted by Gasteiger charge is -1.91. The van der Waals surface area contributed by atoms with Crippen LogP contribution in [0.3, 0.4) is 0 Å². The first-order valence-corrected chi connectivity index (χ1v) is 2.89. The molecule has 0 radical (unpaired) electrons. The maximum Gasteiger partial charge on any atom is 0.0194 e. The van der Waals surface area contributed by atoms with Gasteiger partial charge in [0.2, 0.25) is 0 Å². The van der Waals surface area contributed by atoms with E-state index in [4.69, 9.17) is 11.5 Å². The first kappa shape index (κ1) is 7.66. The van der Waals surface area contributed by atoms with Crippen molar-refractivity contribution in [1.82, 2.24) is 0 Å². The fourth-order valence-electron chi connectivity index (χ4n) is 0.407. The summed E-state index contributed by atoms with van der Waals surface area (Å²) in [6, 6.07) is 0.168. The van der Waals surface area contributed by atoms with E-state index in [2.05, 4.69) is 0 Å². The summed E-state index contributed by atoms with van der Waals surface area (Å²) in [6.07, 6.45) is 4.89. The van der Waals surface area contributed by atoms with Gasteiger partial charge in [0.15, 0.2) is 0 Å². The van der Waals surface area contributed by atoms with Crippen molar-refractivity contribution in [2.45, 2.75) is 19.4 Å². The molecule has 0 aromatic carbocycles. The fourth-order valence-corrected chi connectivity index (χ4v) is 0.407. The van der Waals surface area contributed by atoms with Crippen LogP contribution >= 0.6 is 0 Å². The molecular formula is C6H14N2. The Morgan fingerprint density at radius 3 is 2.62 bits per heavy atom. The second-order valence-corrected chi connectivity index (χ2v) is 1.86. The summed E-state index contributed by atoms with van der Waals surface area (Å²) < 4.78 is 0. The summed E-state index contributed by atoms with van der Waals surface area (Å²) in [4.78, 5) is 0. The van der Waals surface area contributed by atoms with E-state index >= 15 is 0 Å². The highest BCUT2D eigenvalue weighted by Crippen LogP contribution is 1.81. The Morgan fingerprint density at radius 2 is 2.25 bits per heavy atom. The van der Waals surface area contributed by atoms with Gasteiger partial charge in [-0.3, -0.25) is 0 Å². The van der Waals surface area contributed by atoms with E-state index in [9.17, 15) is 0 Å². The van der Waals surface area contributed by atoms with E-state index < -0.39 is 0 Å². The van der Waals surface area contributed by atoms with Gasteiger partial charge in [0.25, 0.3) is 0 Å². The zero-order valence-electron chi connectivity index (χ0n) is 5.30. The molecule has 0 aliphatic carbocycles. The van der Waals surface area contributed by atoms with E-state index in [1.54, 1.807) is 0 Å². The van der Waals surface area contributed by atoms with Crippen LogP contribution < -0.4 is 11.5 Å². The SMILES string of the molecule is CC(N)C=CCCN. The van der Waals surface area contributed by atoms with Gasteiger partial charge in [-0.15, -0.1) is 0 Å². The molecule has 8 heavy (non-hydrogen) atoms. The minimum atomic E-state index is 0.168. The van der Waals surface area contributed by atoms with E-state index in [1.165, 1.54) is 0 Å². The number of hydrogen-bond acceptors (Lipinski definition) is 2. The minimum absolute atomic E-state index is 0.168. The zero-order chi connectivity index (χ0) is 6.41. The van der Waals surface area contributed by atoms with Crippen LogP contribution in [-0.2, 0) is 0 Å². The van der Waals surface area contributed by atoms with E-state index in [0.717, 1.165) is 6.42 Å². The summed E-state index contributed by atoms with van der Waals surface area (Å²) in [5, 5.41) is 0. The van der Waals surface area contributed by atoms with E-state index in [-0.39, 0.29) is 6.04 Å². The molecule has 0 aromatic heterocycles. The lowest BCUT2D eigenvalue weighted by molar-refractivity contribution is 0.908. The Bertz CT molecular complexity index is 66.9. The van der Waals surface area contributed by atoms with Gasteiger partial charge in [0.1, 0.15) is 0 Å². The number of nitrogens with two attached hydrogens (primary N) is 2. The molecule has 2 nitrogen and oxygen atoms in total. The molecule has 0 fully saturated rings. The third-order valence-electron chi connectivity index (χ3n) is 0.773. The molecule has 4 N–H and O–H groups in total. The molecule has 2 heteroatoms. The fraction of sp³-hybridized carbons (Fsp3) is 0.667. The van der Waals surface area contributed by atoms with Gasteiger partial charge in [-0.2, -0.15) is 0 Å². The number of hydrogen-bond donors (Lipinski definition) is 2. The molecule has 1 unspecified atom stereocenters. The van der Waals surface area contributed by atoms with Crippen LogP contribution in [0, 0.1) is 0 Å². The molecule has 0 aliphatic rings. The summed E-state index contributed by atoms with van der Waals surface area (Å²) in [5.41, 5.74) is 10.6. The van der Waals surface area contributed by atoms with Gasteiger partial charge in [0, 0.05) is 6.04 Å². The average Bonchev–Trinajstić information content (AvgIpc) is 1.66. The van der Waals surface area contributed by atoms with Crippen molar-refractivity contribution >= 4 is 0 Å². The molecule has 1 atom stereocenters. The quantitative estimate of drug-likeness (QED) is 0.516. The Balaban J connectivity index is 3.07. The Hall–Kier alpha value is -0.340. The van der Waals surface area contributed by atoms with Crippen molar-refractivity contribution < 1.29 is 0 Å². The highest BCUT2D eigenvalue weighted by atomic mass is 14.6. The third-order valence-corrected chi connectivity index (χ3v) is 0.773. The zero-order valence-corrected chi connectivity index (χ0v) is 5.30. The van der Waals surface area contributed by atoms with E-state index in [0.29, 0.717) is 6.54 Å². The number of rotatable bonds is 3. The molecule has 0 rings (SSSR count). The van der Waals surface area contributed by atoms with Crippen LogP contribution in [0.1, 0.15) is 13.3 Å². The van der Waals surface area contributed by atoms with Gasteiger partial charge in [0.05, 0.1) is 0 Å². The maximum atomic E-state index is 5.41. The normalized spacial score (nSPS) is 14.9. The summed E-state index contributed by atoms with van der Waals surface area (Å²) in [7, 11) is 0. The molecule has 0 amide bonds. The monoisotopic (exact) mass is 114 g/mol. The van der Waals surface area contributed by atoms with Crippen molar-refractivity contribution in [3.63, 3.8) is 0 Å². The summed E-state index contributed by atoms with van der Waals surface area (Å²) >= 11 is 0. The standard InChI is InChI=1S/C6H14N2/c1-6(8)4-2-3-5-7/h2,4,6H,3,5,7-8H2,1H3. The second kappa shape index (κ2) is 4.81. The van der Waals surface area contributed by atoms with Gasteiger partial charge >= 0.3 is 0 Å². The lowest BCUT2D eigenvalue weighted by atomic mass is 10.3. The predicted molar refractivity (Wildman–Crippen MR) is 36.5 cm³/mol. The third kappa shape index (κ3) is 5.66. The van der Waals surface area contributed by atoms with Crippen molar-refractivity contribution in [1.29, 1.82) is 0 Å². The second-order valence-electron chi connectivity index (χ2n) is 1.86. The summed E-state index contributed by atoms with van der Waals surface area (Å²) in [5.74, 6) is 0. The van der Waals surface area contributed by atoms with Crippen LogP contribution in [0.5, 0.6) is 0 Å². The Labute approximate surface area is 50.6 Å². The van der Waals surface area contributed by atoms with Gasteiger partial charge in [-0.25, -0.2) is 0 Å². The van der Waals surface area contributed by atoms with Crippen molar-refractivity contribution in [2.75, 3.05) is 6.54 Å². The van der Waals surface area contributed by atoms with Crippen LogP contribution in [0.25, 0.3) is 0 Å². The van der Waals surface area contributed by atoms with E-state index in [1.807, 2.05) is 19.1 Å². The van der Waals surface area contributed by atoms with Gasteiger partial charge in [-0.05, 0) is 19.9 Å². The molecule has 0 bridgehead atoms. The lowest BCUT2D eigenvalue weighted by Crippen LogP contribution is -2.10. The highest BCUT2D eigenvalue weighted by molar-refractivity contribution is 4.88. The topological polar surface area (TPSA) is 52.0 Å². The largest absolute Gasteiger partial charge is 0.330 e. The molecule has 0 saturated carbocycles. The summed E-state index contributed by atoms with van der Waals surface area (Å²) in [6.45, 7) is 2.65. The predicted octanol–water partition coefficient (Wildman–Crippen LogP) is 0.239. The molecular weight excluding hydrogens is 100 g/mol. The van der Waals surface area contributed by atoms with Crippen molar-refractivity contribution in [3.05, 3.63) is 12.2 Å². The first-order chi connectivity index (χ1) is 3.77. The first-order valence-electron chi connectivity index (χ1n) is 2.89.